The molecule has 24 heavy (non-hydrogen) atoms. The van der Waals surface area contributed by atoms with E-state index in [4.69, 9.17) is 4.74 Å². The monoisotopic (exact) mass is 329 g/mol. The first-order valence-electron chi connectivity index (χ1n) is 8.61. The van der Waals surface area contributed by atoms with E-state index >= 15 is 0 Å². The third kappa shape index (κ3) is 4.34. The van der Waals surface area contributed by atoms with Crippen molar-refractivity contribution >= 4 is 0 Å². The van der Waals surface area contributed by atoms with Gasteiger partial charge in [0.1, 0.15) is 18.2 Å². The third-order valence-corrected chi connectivity index (χ3v) is 4.49. The molecule has 0 radical (unpaired) electrons. The molecule has 128 valence electrons. The molecule has 3 nitrogen and oxygen atoms in total. The number of hydrogen-bond acceptors (Lipinski definition) is 3. The van der Waals surface area contributed by atoms with E-state index in [0.29, 0.717) is 12.4 Å². The first-order chi connectivity index (χ1) is 11.8. The van der Waals surface area contributed by atoms with Crippen LogP contribution in [-0.2, 0) is 6.61 Å². The predicted molar refractivity (Wildman–Crippen MR) is 93.5 cm³/mol. The zero-order valence-corrected chi connectivity index (χ0v) is 13.9. The third-order valence-electron chi connectivity index (χ3n) is 4.49. The molecule has 0 bridgehead atoms. The smallest absolute Gasteiger partial charge is 0.127 e. The fraction of sp³-hybridized carbons (Fsp3) is 0.400. The predicted octanol–water partition coefficient (Wildman–Crippen LogP) is 3.85. The van der Waals surface area contributed by atoms with Crippen LogP contribution in [0.1, 0.15) is 24.8 Å². The Morgan fingerprint density at radius 1 is 1.04 bits per heavy atom. The first-order valence-corrected chi connectivity index (χ1v) is 8.61. The van der Waals surface area contributed by atoms with Crippen LogP contribution in [0.5, 0.6) is 5.75 Å². The second-order valence-electron chi connectivity index (χ2n) is 6.24. The lowest BCUT2D eigenvalue weighted by Crippen LogP contribution is -2.33. The molecular weight excluding hydrogens is 305 g/mol. The molecule has 4 heteroatoms. The topological polar surface area (TPSA) is 32.7 Å². The Hall–Kier alpha value is -1.91. The molecule has 2 aromatic carbocycles. The second kappa shape index (κ2) is 8.27. The Bertz CT molecular complexity index is 668. The van der Waals surface area contributed by atoms with E-state index in [1.165, 1.54) is 31.4 Å². The van der Waals surface area contributed by atoms with Gasteiger partial charge >= 0.3 is 0 Å². The Balaban J connectivity index is 1.69. The van der Waals surface area contributed by atoms with Gasteiger partial charge in [-0.25, -0.2) is 4.39 Å². The fourth-order valence-corrected chi connectivity index (χ4v) is 3.22. The van der Waals surface area contributed by atoms with Gasteiger partial charge in [0.2, 0.25) is 0 Å². The SMILES string of the molecule is OCc1ccccc1-c1cc(F)cc(OCCN2CCCCC2)c1. The van der Waals surface area contributed by atoms with Gasteiger partial charge in [-0.05, 0) is 54.8 Å². The van der Waals surface area contributed by atoms with Crippen LogP contribution in [-0.4, -0.2) is 36.2 Å². The molecule has 3 rings (SSSR count). The molecular formula is C20H24FNO2. The Morgan fingerprint density at radius 2 is 1.83 bits per heavy atom. The van der Waals surface area contributed by atoms with Crippen LogP contribution < -0.4 is 4.74 Å². The highest BCUT2D eigenvalue weighted by atomic mass is 19.1. The van der Waals surface area contributed by atoms with Crippen LogP contribution in [0.2, 0.25) is 0 Å². The van der Waals surface area contributed by atoms with E-state index in [9.17, 15) is 9.50 Å². The van der Waals surface area contributed by atoms with Crippen molar-refractivity contribution in [1.29, 1.82) is 0 Å². The highest BCUT2D eigenvalue weighted by molar-refractivity contribution is 5.68. The molecule has 0 aliphatic carbocycles. The van der Waals surface area contributed by atoms with Crippen LogP contribution >= 0.6 is 0 Å². The van der Waals surface area contributed by atoms with Crippen LogP contribution in [0.25, 0.3) is 11.1 Å². The number of hydrogen-bond donors (Lipinski definition) is 1. The Labute approximate surface area is 142 Å². The molecule has 2 aromatic rings. The molecule has 0 saturated carbocycles. The summed E-state index contributed by atoms with van der Waals surface area (Å²) in [5.41, 5.74) is 2.34. The van der Waals surface area contributed by atoms with Gasteiger partial charge in [-0.1, -0.05) is 30.7 Å². The Morgan fingerprint density at radius 3 is 2.62 bits per heavy atom. The average Bonchev–Trinajstić information content (AvgIpc) is 2.62. The summed E-state index contributed by atoms with van der Waals surface area (Å²) in [7, 11) is 0. The van der Waals surface area contributed by atoms with Crippen molar-refractivity contribution in [3.05, 3.63) is 53.8 Å². The van der Waals surface area contributed by atoms with Gasteiger partial charge in [0.25, 0.3) is 0 Å². The quantitative estimate of drug-likeness (QED) is 0.874. The highest BCUT2D eigenvalue weighted by Crippen LogP contribution is 2.28. The maximum Gasteiger partial charge on any atom is 0.127 e. The van der Waals surface area contributed by atoms with Crippen LogP contribution in [0, 0.1) is 5.82 Å². The summed E-state index contributed by atoms with van der Waals surface area (Å²) in [5.74, 6) is 0.211. The number of ether oxygens (including phenoxy) is 1. The van der Waals surface area contributed by atoms with Crippen molar-refractivity contribution in [2.75, 3.05) is 26.2 Å². The zero-order valence-electron chi connectivity index (χ0n) is 13.9. The molecule has 0 unspecified atom stereocenters. The van der Waals surface area contributed by atoms with E-state index < -0.39 is 0 Å². The summed E-state index contributed by atoms with van der Waals surface area (Å²) in [6.07, 6.45) is 3.82. The minimum Gasteiger partial charge on any atom is -0.492 e. The maximum atomic E-state index is 14.0. The van der Waals surface area contributed by atoms with E-state index in [-0.39, 0.29) is 12.4 Å². The largest absolute Gasteiger partial charge is 0.492 e. The maximum absolute atomic E-state index is 14.0. The summed E-state index contributed by atoms with van der Waals surface area (Å²) in [6.45, 7) is 3.62. The second-order valence-corrected chi connectivity index (χ2v) is 6.24. The van der Waals surface area contributed by atoms with Gasteiger partial charge in [0, 0.05) is 12.6 Å². The van der Waals surface area contributed by atoms with Crippen LogP contribution in [0.4, 0.5) is 4.39 Å². The number of piperidine rings is 1. The number of rotatable bonds is 6. The highest BCUT2D eigenvalue weighted by Gasteiger charge is 2.11. The van der Waals surface area contributed by atoms with E-state index in [0.717, 1.165) is 36.3 Å². The minimum absolute atomic E-state index is 0.0716. The molecule has 0 amide bonds. The number of aliphatic hydroxyl groups excluding tert-OH is 1. The van der Waals surface area contributed by atoms with Gasteiger partial charge in [-0.15, -0.1) is 0 Å². The summed E-state index contributed by atoms with van der Waals surface area (Å²) in [4.78, 5) is 2.39. The molecule has 1 aliphatic rings. The molecule has 1 N–H and O–H groups in total. The molecule has 1 aliphatic heterocycles. The summed E-state index contributed by atoms with van der Waals surface area (Å²) in [6, 6.07) is 12.2. The average molecular weight is 329 g/mol. The summed E-state index contributed by atoms with van der Waals surface area (Å²) in [5, 5.41) is 9.47. The molecule has 0 atom stereocenters. The van der Waals surface area contributed by atoms with Crippen molar-refractivity contribution in [3.8, 4) is 16.9 Å². The van der Waals surface area contributed by atoms with Crippen molar-refractivity contribution in [2.45, 2.75) is 25.9 Å². The molecule has 0 spiro atoms. The van der Waals surface area contributed by atoms with Gasteiger partial charge in [-0.3, -0.25) is 4.90 Å². The lowest BCUT2D eigenvalue weighted by atomic mass is 10.00. The number of nitrogens with zero attached hydrogens (tertiary/aromatic N) is 1. The normalized spacial score (nSPS) is 15.4. The van der Waals surface area contributed by atoms with E-state index in [2.05, 4.69) is 4.90 Å². The van der Waals surface area contributed by atoms with Crippen LogP contribution in [0.3, 0.4) is 0 Å². The number of halogens is 1. The van der Waals surface area contributed by atoms with Gasteiger partial charge in [0.05, 0.1) is 6.61 Å². The van der Waals surface area contributed by atoms with E-state index in [1.807, 2.05) is 30.3 Å². The first kappa shape index (κ1) is 16.9. The van der Waals surface area contributed by atoms with Crippen LogP contribution in [0.15, 0.2) is 42.5 Å². The molecule has 1 fully saturated rings. The minimum atomic E-state index is -0.326. The number of benzene rings is 2. The molecule has 1 saturated heterocycles. The molecule has 1 heterocycles. The van der Waals surface area contributed by atoms with Gasteiger partial charge < -0.3 is 9.84 Å². The Kier molecular flexibility index (Phi) is 5.83. The van der Waals surface area contributed by atoms with Crippen molar-refractivity contribution in [1.82, 2.24) is 4.90 Å². The lowest BCUT2D eigenvalue weighted by Gasteiger charge is -2.26. The fourth-order valence-electron chi connectivity index (χ4n) is 3.22. The standard InChI is InChI=1S/C20H24FNO2/c21-18-12-17(20-7-3-2-6-16(20)15-23)13-19(14-18)24-11-10-22-8-4-1-5-9-22/h2-3,6-7,12-14,23H,1,4-5,8-11,15H2. The molecule has 0 aromatic heterocycles. The van der Waals surface area contributed by atoms with Gasteiger partial charge in [0.15, 0.2) is 0 Å². The van der Waals surface area contributed by atoms with Crippen molar-refractivity contribution in [3.63, 3.8) is 0 Å². The zero-order chi connectivity index (χ0) is 16.8. The number of aliphatic hydroxyl groups is 1. The lowest BCUT2D eigenvalue weighted by molar-refractivity contribution is 0.183. The summed E-state index contributed by atoms with van der Waals surface area (Å²) >= 11 is 0. The van der Waals surface area contributed by atoms with Crippen molar-refractivity contribution < 1.29 is 14.2 Å². The van der Waals surface area contributed by atoms with Gasteiger partial charge in [-0.2, -0.15) is 0 Å². The van der Waals surface area contributed by atoms with Crippen molar-refractivity contribution in [2.24, 2.45) is 0 Å². The number of likely N-dealkylation sites (tertiary alicyclic amines) is 1. The van der Waals surface area contributed by atoms with E-state index in [1.54, 1.807) is 0 Å². The summed E-state index contributed by atoms with van der Waals surface area (Å²) < 4.78 is 19.8.